The molecule has 0 radical (unpaired) electrons. The van der Waals surface area contributed by atoms with Gasteiger partial charge < -0.3 is 0 Å². The highest BCUT2D eigenvalue weighted by Crippen LogP contribution is 2.44. The first kappa shape index (κ1) is 18.0. The third kappa shape index (κ3) is 2.92. The quantitative estimate of drug-likeness (QED) is 0.643. The number of hydrogen-bond donors (Lipinski definition) is 2. The highest BCUT2D eigenvalue weighted by Gasteiger charge is 2.36. The predicted molar refractivity (Wildman–Crippen MR) is 98.8 cm³/mol. The van der Waals surface area contributed by atoms with Crippen LogP contribution in [0.1, 0.15) is 67.5 Å². The molecule has 0 saturated heterocycles. The molecule has 128 valence electrons. The van der Waals surface area contributed by atoms with Crippen molar-refractivity contribution in [1.29, 1.82) is 0 Å². The van der Waals surface area contributed by atoms with Crippen LogP contribution in [0.25, 0.3) is 0 Å². The van der Waals surface area contributed by atoms with E-state index in [-0.39, 0.29) is 5.41 Å². The van der Waals surface area contributed by atoms with Crippen LogP contribution in [0.2, 0.25) is 0 Å². The maximum absolute atomic E-state index is 5.78. The Balaban J connectivity index is 2.62. The summed E-state index contributed by atoms with van der Waals surface area (Å²) in [6, 6.07) is 0. The summed E-state index contributed by atoms with van der Waals surface area (Å²) in [5.74, 6) is 11.6. The summed E-state index contributed by atoms with van der Waals surface area (Å²) >= 11 is 0. The van der Waals surface area contributed by atoms with Crippen LogP contribution in [0.15, 0.2) is 12.3 Å². The Labute approximate surface area is 141 Å². The lowest BCUT2D eigenvalue weighted by Gasteiger charge is -2.41. The van der Waals surface area contributed by atoms with Crippen molar-refractivity contribution in [3.05, 3.63) is 45.7 Å². The molecule has 1 aromatic carbocycles. The minimum atomic E-state index is -0.0506. The number of rotatable bonds is 5. The molecule has 0 bridgehead atoms. The van der Waals surface area contributed by atoms with Gasteiger partial charge in [-0.25, -0.2) is 11.7 Å². The van der Waals surface area contributed by atoms with E-state index in [9.17, 15) is 0 Å². The Bertz CT molecular complexity index is 616. The first-order valence-corrected chi connectivity index (χ1v) is 8.94. The molecule has 1 atom stereocenters. The summed E-state index contributed by atoms with van der Waals surface area (Å²) in [7, 11) is 0. The third-order valence-corrected chi connectivity index (χ3v) is 5.93. The molecule has 0 amide bonds. The van der Waals surface area contributed by atoms with Crippen molar-refractivity contribution in [1.82, 2.24) is 5.12 Å². The smallest absolute Gasteiger partial charge is 0.0461 e. The average Bonchev–Trinajstić information content (AvgIpc) is 2.54. The summed E-state index contributed by atoms with van der Waals surface area (Å²) in [6.45, 7) is 15.5. The Morgan fingerprint density at radius 3 is 2.09 bits per heavy atom. The number of nitrogens with two attached hydrogens (primary N) is 2. The van der Waals surface area contributed by atoms with Gasteiger partial charge in [-0.2, -0.15) is 0 Å². The Kier molecular flexibility index (Phi) is 5.22. The fourth-order valence-corrected chi connectivity index (χ4v) is 4.49. The van der Waals surface area contributed by atoms with Gasteiger partial charge in [0.2, 0.25) is 0 Å². The van der Waals surface area contributed by atoms with E-state index in [1.807, 2.05) is 0 Å². The largest absolute Gasteiger partial charge is 0.251 e. The van der Waals surface area contributed by atoms with Crippen molar-refractivity contribution in [3.63, 3.8) is 0 Å². The highest BCUT2D eigenvalue weighted by molar-refractivity contribution is 5.53. The van der Waals surface area contributed by atoms with Crippen molar-refractivity contribution in [2.45, 2.75) is 73.1 Å². The van der Waals surface area contributed by atoms with Gasteiger partial charge >= 0.3 is 0 Å². The van der Waals surface area contributed by atoms with Crippen molar-refractivity contribution >= 4 is 0 Å². The molecule has 1 aliphatic rings. The van der Waals surface area contributed by atoms with Gasteiger partial charge in [0.05, 0.1) is 0 Å². The van der Waals surface area contributed by atoms with Crippen molar-refractivity contribution in [3.8, 4) is 0 Å². The normalized spacial score (nSPS) is 20.3. The summed E-state index contributed by atoms with van der Waals surface area (Å²) in [6.07, 6.45) is 6.50. The van der Waals surface area contributed by atoms with Crippen LogP contribution in [-0.2, 0) is 32.1 Å². The van der Waals surface area contributed by atoms with E-state index in [1.165, 1.54) is 16.2 Å². The van der Waals surface area contributed by atoms with E-state index in [0.29, 0.717) is 0 Å². The van der Waals surface area contributed by atoms with Gasteiger partial charge in [-0.1, -0.05) is 34.3 Å². The Morgan fingerprint density at radius 1 is 1.04 bits per heavy atom. The molecule has 0 spiro atoms. The SMILES string of the molecule is C=C(N(N)N)C1(C)CCc2c(c(C)c(CC)c(CC)c2CC)C1. The topological polar surface area (TPSA) is 55.3 Å². The van der Waals surface area contributed by atoms with E-state index >= 15 is 0 Å². The molecule has 1 aliphatic carbocycles. The second kappa shape index (κ2) is 6.66. The lowest BCUT2D eigenvalue weighted by atomic mass is 9.67. The zero-order valence-corrected chi connectivity index (χ0v) is 15.6. The second-order valence-corrected chi connectivity index (χ2v) is 7.17. The van der Waals surface area contributed by atoms with Crippen LogP contribution < -0.4 is 11.7 Å². The van der Waals surface area contributed by atoms with E-state index in [4.69, 9.17) is 11.7 Å². The molecule has 1 unspecified atom stereocenters. The van der Waals surface area contributed by atoms with Crippen LogP contribution in [0, 0.1) is 12.3 Å². The molecule has 23 heavy (non-hydrogen) atoms. The third-order valence-electron chi connectivity index (χ3n) is 5.93. The summed E-state index contributed by atoms with van der Waals surface area (Å²) in [5.41, 5.74) is 10.1. The van der Waals surface area contributed by atoms with Gasteiger partial charge in [-0.3, -0.25) is 5.12 Å². The number of fused-ring (bicyclic) bond motifs is 1. The summed E-state index contributed by atoms with van der Waals surface area (Å²) in [5, 5.41) is 1.21. The molecule has 3 heteroatoms. The second-order valence-electron chi connectivity index (χ2n) is 7.17. The lowest BCUT2D eigenvalue weighted by Crippen LogP contribution is -2.45. The maximum Gasteiger partial charge on any atom is 0.0461 e. The van der Waals surface area contributed by atoms with Crippen molar-refractivity contribution < 1.29 is 0 Å². The number of hydrazine groups is 2. The molecule has 0 saturated carbocycles. The van der Waals surface area contributed by atoms with Crippen LogP contribution >= 0.6 is 0 Å². The molecule has 3 nitrogen and oxygen atoms in total. The van der Waals surface area contributed by atoms with Gasteiger partial charge in [0.15, 0.2) is 0 Å². The molecule has 2 rings (SSSR count). The first-order valence-electron chi connectivity index (χ1n) is 8.94. The van der Waals surface area contributed by atoms with Gasteiger partial charge in [0, 0.05) is 11.1 Å². The Hall–Kier alpha value is -1.32. The predicted octanol–water partition coefficient (Wildman–Crippen LogP) is 3.74. The van der Waals surface area contributed by atoms with E-state index < -0.39 is 0 Å². The van der Waals surface area contributed by atoms with Crippen LogP contribution in [0.4, 0.5) is 0 Å². The molecule has 0 aromatic heterocycles. The fourth-order valence-electron chi connectivity index (χ4n) is 4.49. The standard InChI is InChI=1S/C20H33N3/c1-7-15-13(4)19-12-20(6,14(5)23(21)22)11-10-18(19)17(9-3)16(15)8-2/h5,7-12,21-22H2,1-4,6H3. The molecule has 0 fully saturated rings. The van der Waals surface area contributed by atoms with E-state index in [0.717, 1.165) is 44.2 Å². The minimum absolute atomic E-state index is 0.0506. The van der Waals surface area contributed by atoms with Crippen molar-refractivity contribution in [2.75, 3.05) is 0 Å². The molecule has 1 aromatic rings. The number of nitrogens with zero attached hydrogens (tertiary/aromatic N) is 1. The highest BCUT2D eigenvalue weighted by atomic mass is 15.6. The fraction of sp³-hybridized carbons (Fsp3) is 0.600. The zero-order chi connectivity index (χ0) is 17.4. The summed E-state index contributed by atoms with van der Waals surface area (Å²) in [4.78, 5) is 0. The van der Waals surface area contributed by atoms with Gasteiger partial charge in [-0.15, -0.1) is 0 Å². The van der Waals surface area contributed by atoms with Crippen LogP contribution in [0.3, 0.4) is 0 Å². The average molecular weight is 316 g/mol. The lowest BCUT2D eigenvalue weighted by molar-refractivity contribution is 0.226. The number of hydrogen-bond acceptors (Lipinski definition) is 3. The van der Waals surface area contributed by atoms with Crippen LogP contribution in [0.5, 0.6) is 0 Å². The molecule has 4 N–H and O–H groups in total. The van der Waals surface area contributed by atoms with Crippen molar-refractivity contribution in [2.24, 2.45) is 17.1 Å². The van der Waals surface area contributed by atoms with E-state index in [2.05, 4.69) is 41.2 Å². The Morgan fingerprint density at radius 2 is 1.61 bits per heavy atom. The minimum Gasteiger partial charge on any atom is -0.251 e. The number of allylic oxidation sites excluding steroid dienone is 1. The first-order chi connectivity index (χ1) is 10.8. The monoisotopic (exact) mass is 315 g/mol. The van der Waals surface area contributed by atoms with Gasteiger partial charge in [0.1, 0.15) is 0 Å². The number of benzene rings is 1. The molecular weight excluding hydrogens is 282 g/mol. The maximum atomic E-state index is 5.78. The van der Waals surface area contributed by atoms with Gasteiger partial charge in [-0.05, 0) is 78.8 Å². The zero-order valence-electron chi connectivity index (χ0n) is 15.6. The molecule has 0 heterocycles. The summed E-state index contributed by atoms with van der Waals surface area (Å²) < 4.78 is 0. The molecule has 0 aliphatic heterocycles. The van der Waals surface area contributed by atoms with E-state index in [1.54, 1.807) is 22.3 Å². The molecular formula is C20H33N3. The van der Waals surface area contributed by atoms with Crippen LogP contribution in [-0.4, -0.2) is 5.12 Å². The van der Waals surface area contributed by atoms with Gasteiger partial charge in [0.25, 0.3) is 0 Å².